The average Bonchev–Trinajstić information content (AvgIpc) is 2.61. The summed E-state index contributed by atoms with van der Waals surface area (Å²) in [7, 11) is -3.63. The fraction of sp³-hybridized carbons (Fsp3) is 0.300. The largest absolute Gasteiger partial charge is 0.480 e. The molecule has 0 aliphatic heterocycles. The van der Waals surface area contributed by atoms with Gasteiger partial charge in [-0.3, -0.25) is 4.79 Å². The van der Waals surface area contributed by atoms with Crippen LogP contribution in [0.3, 0.4) is 0 Å². The van der Waals surface area contributed by atoms with Gasteiger partial charge in [-0.2, -0.15) is 0 Å². The number of nitrogens with one attached hydrogen (secondary N) is 1. The third-order valence-electron chi connectivity index (χ3n) is 3.97. The second kappa shape index (κ2) is 8.81. The lowest BCUT2D eigenvalue weighted by molar-refractivity contribution is -0.139. The second-order valence-electron chi connectivity index (χ2n) is 6.77. The lowest BCUT2D eigenvalue weighted by Crippen LogP contribution is -2.41. The van der Waals surface area contributed by atoms with Crippen LogP contribution in [0.1, 0.15) is 36.2 Å². The predicted molar refractivity (Wildman–Crippen MR) is 102 cm³/mol. The molecular formula is C20H23NO5S. The highest BCUT2D eigenvalue weighted by Crippen LogP contribution is 2.18. The fourth-order valence-electron chi connectivity index (χ4n) is 2.64. The van der Waals surface area contributed by atoms with Crippen molar-refractivity contribution in [2.45, 2.75) is 37.0 Å². The molecule has 0 fully saturated rings. The van der Waals surface area contributed by atoms with Crippen LogP contribution in [0.25, 0.3) is 0 Å². The van der Waals surface area contributed by atoms with E-state index in [4.69, 9.17) is 0 Å². The molecule has 0 aromatic heterocycles. The van der Waals surface area contributed by atoms with Gasteiger partial charge in [0.05, 0.1) is 10.6 Å². The number of aliphatic carboxylic acids is 1. The van der Waals surface area contributed by atoms with Gasteiger partial charge in [0.2, 0.25) is 0 Å². The summed E-state index contributed by atoms with van der Waals surface area (Å²) >= 11 is 0. The summed E-state index contributed by atoms with van der Waals surface area (Å²) in [6.07, 6.45) is 0.285. The van der Waals surface area contributed by atoms with Crippen LogP contribution in [-0.2, 0) is 20.4 Å². The Hall–Kier alpha value is -2.67. The number of hydrogen-bond donors (Lipinski definition) is 2. The van der Waals surface area contributed by atoms with Crippen LogP contribution < -0.4 is 5.32 Å². The standard InChI is InChI=1S/C20H23NO5S/c1-14(2)11-18(20(23)24)21-19(22)16-9-6-10-17(12-16)27(25,26)13-15-7-4-3-5-8-15/h3-10,12,14,18H,11,13H2,1-2H3,(H,21,22)(H,23,24)/t18-/m1/s1. The summed E-state index contributed by atoms with van der Waals surface area (Å²) in [5, 5.41) is 11.7. The quantitative estimate of drug-likeness (QED) is 0.723. The van der Waals surface area contributed by atoms with E-state index in [0.29, 0.717) is 5.56 Å². The van der Waals surface area contributed by atoms with Crippen LogP contribution in [-0.4, -0.2) is 31.4 Å². The molecular weight excluding hydrogens is 366 g/mol. The van der Waals surface area contributed by atoms with Crippen LogP contribution in [0, 0.1) is 5.92 Å². The smallest absolute Gasteiger partial charge is 0.326 e. The molecule has 144 valence electrons. The van der Waals surface area contributed by atoms with E-state index in [1.54, 1.807) is 30.3 Å². The maximum atomic E-state index is 12.6. The number of hydrogen-bond acceptors (Lipinski definition) is 4. The summed E-state index contributed by atoms with van der Waals surface area (Å²) < 4.78 is 25.3. The number of carbonyl (C=O) groups is 2. The Labute approximate surface area is 159 Å². The molecule has 27 heavy (non-hydrogen) atoms. The molecule has 0 aliphatic carbocycles. The van der Waals surface area contributed by atoms with E-state index in [-0.39, 0.29) is 28.6 Å². The van der Waals surface area contributed by atoms with Gasteiger partial charge in [-0.05, 0) is 36.1 Å². The van der Waals surface area contributed by atoms with Gasteiger partial charge in [0.15, 0.2) is 9.84 Å². The van der Waals surface area contributed by atoms with Gasteiger partial charge < -0.3 is 10.4 Å². The van der Waals surface area contributed by atoms with Crippen LogP contribution >= 0.6 is 0 Å². The molecule has 0 radical (unpaired) electrons. The van der Waals surface area contributed by atoms with Crippen molar-refractivity contribution in [2.24, 2.45) is 5.92 Å². The van der Waals surface area contributed by atoms with Gasteiger partial charge in [-0.1, -0.05) is 50.2 Å². The Balaban J connectivity index is 2.21. The van der Waals surface area contributed by atoms with Gasteiger partial charge in [-0.15, -0.1) is 0 Å². The predicted octanol–water partition coefficient (Wildman–Crippen LogP) is 2.89. The van der Waals surface area contributed by atoms with E-state index in [0.717, 1.165) is 0 Å². The maximum absolute atomic E-state index is 12.6. The zero-order valence-corrected chi connectivity index (χ0v) is 16.1. The summed E-state index contributed by atoms with van der Waals surface area (Å²) in [5.41, 5.74) is 0.759. The molecule has 0 heterocycles. The number of carboxylic acids is 1. The topological polar surface area (TPSA) is 101 Å². The van der Waals surface area contributed by atoms with Gasteiger partial charge in [0, 0.05) is 5.56 Å². The fourth-order valence-corrected chi connectivity index (χ4v) is 4.03. The van der Waals surface area contributed by atoms with Gasteiger partial charge in [-0.25, -0.2) is 13.2 Å². The molecule has 1 atom stereocenters. The van der Waals surface area contributed by atoms with E-state index in [1.165, 1.54) is 24.3 Å². The second-order valence-corrected chi connectivity index (χ2v) is 8.76. The van der Waals surface area contributed by atoms with E-state index in [1.807, 2.05) is 13.8 Å². The minimum Gasteiger partial charge on any atom is -0.480 e. The highest BCUT2D eigenvalue weighted by Gasteiger charge is 2.23. The van der Waals surface area contributed by atoms with Crippen LogP contribution in [0.4, 0.5) is 0 Å². The summed E-state index contributed by atoms with van der Waals surface area (Å²) in [5.74, 6) is -1.82. The first-order valence-corrected chi connectivity index (χ1v) is 10.2. The van der Waals surface area contributed by atoms with Crippen molar-refractivity contribution < 1.29 is 23.1 Å². The van der Waals surface area contributed by atoms with Crippen molar-refractivity contribution in [3.05, 3.63) is 65.7 Å². The van der Waals surface area contributed by atoms with Crippen molar-refractivity contribution in [3.63, 3.8) is 0 Å². The highest BCUT2D eigenvalue weighted by atomic mass is 32.2. The van der Waals surface area contributed by atoms with Crippen molar-refractivity contribution >= 4 is 21.7 Å². The van der Waals surface area contributed by atoms with Crippen molar-refractivity contribution in [3.8, 4) is 0 Å². The number of carbonyl (C=O) groups excluding carboxylic acids is 1. The average molecular weight is 389 g/mol. The molecule has 0 saturated heterocycles. The molecule has 2 aromatic rings. The normalized spacial score (nSPS) is 12.6. The number of rotatable bonds is 8. The molecule has 7 heteroatoms. The van der Waals surface area contributed by atoms with Crippen molar-refractivity contribution in [1.82, 2.24) is 5.32 Å². The van der Waals surface area contributed by atoms with Gasteiger partial charge >= 0.3 is 5.97 Å². The molecule has 0 spiro atoms. The zero-order chi connectivity index (χ0) is 20.0. The molecule has 6 nitrogen and oxygen atoms in total. The van der Waals surface area contributed by atoms with Gasteiger partial charge in [0.25, 0.3) is 5.91 Å². The Bertz CT molecular complexity index is 907. The van der Waals surface area contributed by atoms with E-state index >= 15 is 0 Å². The molecule has 1 amide bonds. The molecule has 2 rings (SSSR count). The first kappa shape index (κ1) is 20.6. The van der Waals surface area contributed by atoms with Gasteiger partial charge in [0.1, 0.15) is 6.04 Å². The Morgan fingerprint density at radius 3 is 2.30 bits per heavy atom. The summed E-state index contributed by atoms with van der Waals surface area (Å²) in [6, 6.07) is 13.4. The van der Waals surface area contributed by atoms with Crippen LogP contribution in [0.2, 0.25) is 0 Å². The third kappa shape index (κ3) is 5.92. The highest BCUT2D eigenvalue weighted by molar-refractivity contribution is 7.90. The number of sulfone groups is 1. The lowest BCUT2D eigenvalue weighted by atomic mass is 10.0. The van der Waals surface area contributed by atoms with E-state index < -0.39 is 27.8 Å². The first-order chi connectivity index (χ1) is 12.7. The molecule has 2 aromatic carbocycles. The number of benzene rings is 2. The van der Waals surface area contributed by atoms with Crippen molar-refractivity contribution in [2.75, 3.05) is 0 Å². The Morgan fingerprint density at radius 1 is 1.04 bits per heavy atom. The van der Waals surface area contributed by atoms with Crippen molar-refractivity contribution in [1.29, 1.82) is 0 Å². The molecule has 2 N–H and O–H groups in total. The Kier molecular flexibility index (Phi) is 6.74. The monoisotopic (exact) mass is 389 g/mol. The minimum atomic E-state index is -3.63. The zero-order valence-electron chi connectivity index (χ0n) is 15.3. The molecule has 0 aliphatic rings. The van der Waals surface area contributed by atoms with E-state index in [9.17, 15) is 23.1 Å². The van der Waals surface area contributed by atoms with E-state index in [2.05, 4.69) is 5.32 Å². The minimum absolute atomic E-state index is 0.0229. The first-order valence-electron chi connectivity index (χ1n) is 8.59. The SMILES string of the molecule is CC(C)C[C@@H](NC(=O)c1cccc(S(=O)(=O)Cc2ccccc2)c1)C(=O)O. The maximum Gasteiger partial charge on any atom is 0.326 e. The Morgan fingerprint density at radius 2 is 1.70 bits per heavy atom. The van der Waals surface area contributed by atoms with Crippen LogP contribution in [0.15, 0.2) is 59.5 Å². The molecule has 0 bridgehead atoms. The molecule has 0 saturated carbocycles. The number of carboxylic acid groups (broad SMARTS) is 1. The summed E-state index contributed by atoms with van der Waals surface area (Å²) in [6.45, 7) is 3.72. The van der Waals surface area contributed by atoms with Crippen LogP contribution in [0.5, 0.6) is 0 Å². The lowest BCUT2D eigenvalue weighted by Gasteiger charge is -2.16. The third-order valence-corrected chi connectivity index (χ3v) is 5.65. The number of amides is 1. The summed E-state index contributed by atoms with van der Waals surface area (Å²) in [4.78, 5) is 23.8. The molecule has 0 unspecified atom stereocenters.